The van der Waals surface area contributed by atoms with Crippen LogP contribution in [0.25, 0.3) is 0 Å². The quantitative estimate of drug-likeness (QED) is 0.782. The summed E-state index contributed by atoms with van der Waals surface area (Å²) in [5, 5.41) is 10.2. The second kappa shape index (κ2) is 8.14. The third kappa shape index (κ3) is 5.59. The fraction of sp³-hybridized carbons (Fsp3) is 0.941. The molecule has 1 unspecified atom stereocenters. The van der Waals surface area contributed by atoms with Crippen molar-refractivity contribution in [1.29, 1.82) is 0 Å². The molecule has 0 aromatic carbocycles. The number of aliphatic hydroxyl groups excluding tert-OH is 1. The predicted octanol–water partition coefficient (Wildman–Crippen LogP) is 2.12. The average molecular weight is 296 g/mol. The first-order valence-corrected chi connectivity index (χ1v) is 8.72. The van der Waals surface area contributed by atoms with E-state index < -0.39 is 0 Å². The molecule has 1 N–H and O–H groups in total. The molecule has 0 radical (unpaired) electrons. The number of likely N-dealkylation sites (tertiary alicyclic amines) is 2. The second-order valence-corrected chi connectivity index (χ2v) is 7.31. The highest BCUT2D eigenvalue weighted by Crippen LogP contribution is 2.24. The molecule has 2 rings (SSSR count). The van der Waals surface area contributed by atoms with Gasteiger partial charge in [0.25, 0.3) is 0 Å². The Labute approximate surface area is 129 Å². The van der Waals surface area contributed by atoms with Crippen molar-refractivity contribution >= 4 is 5.91 Å². The van der Waals surface area contributed by atoms with E-state index in [-0.39, 0.29) is 12.0 Å². The molecule has 4 nitrogen and oxygen atoms in total. The number of hydrogen-bond acceptors (Lipinski definition) is 3. The molecule has 4 heteroatoms. The standard InChI is InChI=1S/C17H32N2O2/c1-14(2)5-6-15-7-10-18(11-8-15)12-16(20)13-19-9-3-4-17(19)21/h14-16,20H,3-13H2,1-2H3. The van der Waals surface area contributed by atoms with E-state index in [1.54, 1.807) is 0 Å². The van der Waals surface area contributed by atoms with Crippen molar-refractivity contribution in [3.63, 3.8) is 0 Å². The molecule has 2 aliphatic rings. The molecule has 21 heavy (non-hydrogen) atoms. The molecule has 2 heterocycles. The van der Waals surface area contributed by atoms with Crippen molar-refractivity contribution in [3.05, 3.63) is 0 Å². The van der Waals surface area contributed by atoms with Crippen molar-refractivity contribution in [2.24, 2.45) is 11.8 Å². The lowest BCUT2D eigenvalue weighted by Gasteiger charge is -2.34. The van der Waals surface area contributed by atoms with Crippen LogP contribution >= 0.6 is 0 Å². The minimum absolute atomic E-state index is 0.210. The van der Waals surface area contributed by atoms with Gasteiger partial charge in [0.05, 0.1) is 6.10 Å². The van der Waals surface area contributed by atoms with Crippen LogP contribution in [0.4, 0.5) is 0 Å². The number of piperidine rings is 1. The van der Waals surface area contributed by atoms with Gasteiger partial charge in [-0.3, -0.25) is 4.79 Å². The maximum atomic E-state index is 11.6. The number of nitrogens with zero attached hydrogens (tertiary/aromatic N) is 2. The summed E-state index contributed by atoms with van der Waals surface area (Å²) >= 11 is 0. The van der Waals surface area contributed by atoms with Crippen LogP contribution in [0.2, 0.25) is 0 Å². The Morgan fingerprint density at radius 2 is 1.90 bits per heavy atom. The van der Waals surface area contributed by atoms with E-state index in [4.69, 9.17) is 0 Å². The number of rotatable bonds is 7. The zero-order chi connectivity index (χ0) is 15.2. The van der Waals surface area contributed by atoms with Crippen molar-refractivity contribution in [3.8, 4) is 0 Å². The number of hydrogen-bond donors (Lipinski definition) is 1. The predicted molar refractivity (Wildman–Crippen MR) is 85.1 cm³/mol. The van der Waals surface area contributed by atoms with Crippen LogP contribution in [0.5, 0.6) is 0 Å². The number of β-amino-alcohol motifs (C(OH)–C–C–N with tert-alkyl or cyclic N) is 1. The zero-order valence-corrected chi connectivity index (χ0v) is 13.8. The Morgan fingerprint density at radius 1 is 1.19 bits per heavy atom. The van der Waals surface area contributed by atoms with Gasteiger partial charge in [0.15, 0.2) is 0 Å². The fourth-order valence-electron chi connectivity index (χ4n) is 3.53. The summed E-state index contributed by atoms with van der Waals surface area (Å²) in [4.78, 5) is 15.8. The molecule has 2 saturated heterocycles. The van der Waals surface area contributed by atoms with E-state index in [9.17, 15) is 9.90 Å². The normalized spacial score (nSPS) is 23.2. The van der Waals surface area contributed by atoms with Crippen molar-refractivity contribution in [2.75, 3.05) is 32.7 Å². The van der Waals surface area contributed by atoms with Gasteiger partial charge in [-0.2, -0.15) is 0 Å². The van der Waals surface area contributed by atoms with Crippen molar-refractivity contribution in [2.45, 2.75) is 58.5 Å². The lowest BCUT2D eigenvalue weighted by molar-refractivity contribution is -0.129. The molecule has 0 aliphatic carbocycles. The maximum absolute atomic E-state index is 11.6. The van der Waals surface area contributed by atoms with Crippen LogP contribution in [-0.4, -0.2) is 59.6 Å². The summed E-state index contributed by atoms with van der Waals surface area (Å²) in [7, 11) is 0. The van der Waals surface area contributed by atoms with Crippen LogP contribution in [0.15, 0.2) is 0 Å². The van der Waals surface area contributed by atoms with Crippen LogP contribution in [-0.2, 0) is 4.79 Å². The molecular weight excluding hydrogens is 264 g/mol. The van der Waals surface area contributed by atoms with Gasteiger partial charge in [-0.1, -0.05) is 26.7 Å². The molecule has 0 spiro atoms. The smallest absolute Gasteiger partial charge is 0.222 e. The SMILES string of the molecule is CC(C)CCC1CCN(CC(O)CN2CCCC2=O)CC1. The topological polar surface area (TPSA) is 43.8 Å². The van der Waals surface area contributed by atoms with Crippen LogP contribution in [0.3, 0.4) is 0 Å². The molecular formula is C17H32N2O2. The number of carbonyl (C=O) groups is 1. The number of amides is 1. The van der Waals surface area contributed by atoms with Gasteiger partial charge in [0.2, 0.25) is 5.91 Å². The van der Waals surface area contributed by atoms with Crippen molar-refractivity contribution < 1.29 is 9.90 Å². The summed E-state index contributed by atoms with van der Waals surface area (Å²) in [5.41, 5.74) is 0. The second-order valence-electron chi connectivity index (χ2n) is 7.31. The largest absolute Gasteiger partial charge is 0.390 e. The van der Waals surface area contributed by atoms with E-state index >= 15 is 0 Å². The van der Waals surface area contributed by atoms with Gasteiger partial charge < -0.3 is 14.9 Å². The third-order valence-corrected chi connectivity index (χ3v) is 4.93. The van der Waals surface area contributed by atoms with E-state index in [0.29, 0.717) is 13.0 Å². The highest BCUT2D eigenvalue weighted by Gasteiger charge is 2.25. The summed E-state index contributed by atoms with van der Waals surface area (Å²) in [6.45, 7) is 8.87. The van der Waals surface area contributed by atoms with Gasteiger partial charge in [-0.05, 0) is 44.2 Å². The first-order chi connectivity index (χ1) is 10.0. The Morgan fingerprint density at radius 3 is 2.48 bits per heavy atom. The van der Waals surface area contributed by atoms with Crippen LogP contribution in [0, 0.1) is 11.8 Å². The van der Waals surface area contributed by atoms with E-state index in [2.05, 4.69) is 18.7 Å². The Balaban J connectivity index is 1.62. The Hall–Kier alpha value is -0.610. The molecule has 2 aliphatic heterocycles. The molecule has 1 atom stereocenters. The Kier molecular flexibility index (Phi) is 6.49. The summed E-state index contributed by atoms with van der Waals surface area (Å²) in [6.07, 6.45) is 6.45. The summed E-state index contributed by atoms with van der Waals surface area (Å²) < 4.78 is 0. The minimum atomic E-state index is -0.390. The third-order valence-electron chi connectivity index (χ3n) is 4.93. The maximum Gasteiger partial charge on any atom is 0.222 e. The highest BCUT2D eigenvalue weighted by atomic mass is 16.3. The Bertz CT molecular complexity index is 325. The van der Waals surface area contributed by atoms with E-state index in [1.807, 2.05) is 4.90 Å². The summed E-state index contributed by atoms with van der Waals surface area (Å²) in [6, 6.07) is 0. The molecule has 0 saturated carbocycles. The lowest BCUT2D eigenvalue weighted by Crippen LogP contribution is -2.43. The first kappa shape index (κ1) is 16.8. The van der Waals surface area contributed by atoms with E-state index in [1.165, 1.54) is 25.7 Å². The zero-order valence-electron chi connectivity index (χ0n) is 13.8. The minimum Gasteiger partial charge on any atom is -0.390 e. The van der Waals surface area contributed by atoms with Crippen LogP contribution in [0.1, 0.15) is 52.4 Å². The monoisotopic (exact) mass is 296 g/mol. The molecule has 0 bridgehead atoms. The average Bonchev–Trinajstić information content (AvgIpc) is 2.83. The fourth-order valence-corrected chi connectivity index (χ4v) is 3.53. The number of aliphatic hydroxyl groups is 1. The van der Waals surface area contributed by atoms with Crippen LogP contribution < -0.4 is 0 Å². The number of carbonyl (C=O) groups excluding carboxylic acids is 1. The summed E-state index contributed by atoms with van der Waals surface area (Å²) in [5.74, 6) is 1.89. The molecule has 1 amide bonds. The van der Waals surface area contributed by atoms with E-state index in [0.717, 1.165) is 44.4 Å². The van der Waals surface area contributed by atoms with Gasteiger partial charge in [-0.25, -0.2) is 0 Å². The van der Waals surface area contributed by atoms with Gasteiger partial charge in [0.1, 0.15) is 0 Å². The van der Waals surface area contributed by atoms with Gasteiger partial charge >= 0.3 is 0 Å². The molecule has 0 aromatic rings. The molecule has 2 fully saturated rings. The molecule has 0 aromatic heterocycles. The van der Waals surface area contributed by atoms with Gasteiger partial charge in [0, 0.05) is 26.1 Å². The lowest BCUT2D eigenvalue weighted by atomic mass is 9.89. The van der Waals surface area contributed by atoms with Crippen molar-refractivity contribution in [1.82, 2.24) is 9.80 Å². The molecule has 122 valence electrons. The first-order valence-electron chi connectivity index (χ1n) is 8.72. The highest BCUT2D eigenvalue weighted by molar-refractivity contribution is 5.78. The van der Waals surface area contributed by atoms with Gasteiger partial charge in [-0.15, -0.1) is 0 Å².